The summed E-state index contributed by atoms with van der Waals surface area (Å²) in [5.74, 6) is 0.166. The van der Waals surface area contributed by atoms with Crippen LogP contribution in [0.1, 0.15) is 25.7 Å². The maximum Gasteiger partial charge on any atom is 0.267 e. The Morgan fingerprint density at radius 1 is 0.794 bits per heavy atom. The topological polar surface area (TPSA) is 89.6 Å². The van der Waals surface area contributed by atoms with Gasteiger partial charge >= 0.3 is 0 Å². The monoisotopic (exact) mass is 473 g/mol. The molecule has 0 unspecified atom stereocenters. The van der Waals surface area contributed by atoms with Crippen molar-refractivity contribution in [2.24, 2.45) is 0 Å². The number of hydrogen-bond donors (Lipinski definition) is 2. The lowest BCUT2D eigenvalue weighted by Gasteiger charge is -2.16. The molecule has 0 bridgehead atoms. The van der Waals surface area contributed by atoms with Crippen molar-refractivity contribution < 1.29 is 19.1 Å². The Balaban J connectivity index is 1.59. The number of ether oxygens (including phenoxy) is 2. The number of methoxy groups -OCH3 is 2. The maximum absolute atomic E-state index is 13.1. The number of thiazole rings is 1. The highest BCUT2D eigenvalue weighted by molar-refractivity contribution is 7.17. The quantitative estimate of drug-likeness (QED) is 0.363. The summed E-state index contributed by atoms with van der Waals surface area (Å²) in [5.41, 5.74) is 2.94. The van der Waals surface area contributed by atoms with Crippen LogP contribution in [-0.4, -0.2) is 31.0 Å². The highest BCUT2D eigenvalue weighted by Crippen LogP contribution is 2.37. The molecule has 34 heavy (non-hydrogen) atoms. The number of carbonyl (C=O) groups is 2. The summed E-state index contributed by atoms with van der Waals surface area (Å²) in [6.45, 7) is 1.80. The van der Waals surface area contributed by atoms with Crippen molar-refractivity contribution in [2.75, 3.05) is 24.9 Å². The molecule has 4 aromatic rings. The number of rotatable bonds is 7. The molecule has 0 fully saturated rings. The molecule has 4 rings (SSSR count). The van der Waals surface area contributed by atoms with E-state index in [2.05, 4.69) is 15.6 Å². The first-order valence-corrected chi connectivity index (χ1v) is 11.3. The molecule has 172 valence electrons. The molecule has 0 saturated carbocycles. The minimum Gasteiger partial charge on any atom is -0.494 e. The second kappa shape index (κ2) is 10.2. The van der Waals surface area contributed by atoms with E-state index < -0.39 is 0 Å². The van der Waals surface area contributed by atoms with E-state index in [4.69, 9.17) is 9.47 Å². The lowest BCUT2D eigenvalue weighted by atomic mass is 10.2. The number of aromatic nitrogens is 1. The minimum absolute atomic E-state index is 0.286. The van der Waals surface area contributed by atoms with Crippen molar-refractivity contribution in [3.63, 3.8) is 0 Å². The number of benzene rings is 3. The highest BCUT2D eigenvalue weighted by Gasteiger charge is 2.20. The van der Waals surface area contributed by atoms with Gasteiger partial charge in [0.25, 0.3) is 11.8 Å². The van der Waals surface area contributed by atoms with Crippen molar-refractivity contribution in [3.05, 3.63) is 88.9 Å². The molecule has 0 atom stereocenters. The van der Waals surface area contributed by atoms with Crippen LogP contribution in [0, 0.1) is 6.92 Å². The molecule has 2 amide bonds. The Labute approximate surface area is 201 Å². The smallest absolute Gasteiger partial charge is 0.267 e. The fraction of sp³-hybridized carbons (Fsp3) is 0.115. The van der Waals surface area contributed by atoms with Crippen molar-refractivity contribution in [3.8, 4) is 22.1 Å². The third kappa shape index (κ3) is 4.92. The normalized spacial score (nSPS) is 10.4. The van der Waals surface area contributed by atoms with Gasteiger partial charge in [0.2, 0.25) is 0 Å². The van der Waals surface area contributed by atoms with Crippen LogP contribution < -0.4 is 20.1 Å². The average molecular weight is 474 g/mol. The number of anilines is 2. The molecule has 0 spiro atoms. The second-order valence-corrected chi connectivity index (χ2v) is 8.33. The van der Waals surface area contributed by atoms with Crippen molar-refractivity contribution >= 4 is 34.5 Å². The van der Waals surface area contributed by atoms with Gasteiger partial charge in [-0.1, -0.05) is 48.5 Å². The zero-order valence-corrected chi connectivity index (χ0v) is 19.7. The number of nitrogens with one attached hydrogen (secondary N) is 2. The molecule has 0 radical (unpaired) electrons. The summed E-state index contributed by atoms with van der Waals surface area (Å²) in [4.78, 5) is 30.7. The molecule has 2 N–H and O–H groups in total. The van der Waals surface area contributed by atoms with Crippen LogP contribution in [0.15, 0.2) is 72.8 Å². The summed E-state index contributed by atoms with van der Waals surface area (Å²) in [6.07, 6.45) is 0. The van der Waals surface area contributed by atoms with E-state index in [0.717, 1.165) is 10.6 Å². The molecule has 0 aliphatic carbocycles. The maximum atomic E-state index is 13.1. The van der Waals surface area contributed by atoms with E-state index in [1.54, 1.807) is 43.3 Å². The lowest BCUT2D eigenvalue weighted by Crippen LogP contribution is -2.15. The lowest BCUT2D eigenvalue weighted by molar-refractivity contribution is 0.101. The first-order chi connectivity index (χ1) is 16.5. The van der Waals surface area contributed by atoms with Gasteiger partial charge in [-0.15, -0.1) is 11.3 Å². The van der Waals surface area contributed by atoms with Crippen LogP contribution in [0.2, 0.25) is 0 Å². The summed E-state index contributed by atoms with van der Waals surface area (Å²) < 4.78 is 10.9. The number of amides is 2. The molecule has 8 heteroatoms. The molecular formula is C26H23N3O4S. The predicted octanol–water partition coefficient (Wildman–Crippen LogP) is 5.64. The molecule has 3 aromatic carbocycles. The van der Waals surface area contributed by atoms with Crippen molar-refractivity contribution in [2.45, 2.75) is 6.92 Å². The Hall–Kier alpha value is -4.17. The van der Waals surface area contributed by atoms with Gasteiger partial charge in [-0.2, -0.15) is 0 Å². The molecule has 0 aliphatic heterocycles. The number of hydrogen-bond acceptors (Lipinski definition) is 6. The van der Waals surface area contributed by atoms with E-state index in [-0.39, 0.29) is 11.8 Å². The van der Waals surface area contributed by atoms with Crippen LogP contribution >= 0.6 is 11.3 Å². The highest BCUT2D eigenvalue weighted by atomic mass is 32.1. The van der Waals surface area contributed by atoms with Gasteiger partial charge in [0, 0.05) is 23.3 Å². The Morgan fingerprint density at radius 2 is 1.32 bits per heavy atom. The standard InChI is InChI=1S/C26H23N3O4S/c1-16-23(34-26(27-16)18-12-8-5-9-13-18)25(31)29-20-15-21(32-2)19(14-22(20)33-3)28-24(30)17-10-6-4-7-11-17/h4-15H,1-3H3,(H,28,30)(H,29,31). The van der Waals surface area contributed by atoms with Gasteiger partial charge in [-0.25, -0.2) is 4.98 Å². The molecule has 0 saturated heterocycles. The summed E-state index contributed by atoms with van der Waals surface area (Å²) >= 11 is 1.32. The summed E-state index contributed by atoms with van der Waals surface area (Å²) in [7, 11) is 2.98. The number of aryl methyl sites for hydroxylation is 1. The first-order valence-electron chi connectivity index (χ1n) is 10.5. The van der Waals surface area contributed by atoms with Gasteiger partial charge in [0.1, 0.15) is 21.4 Å². The van der Waals surface area contributed by atoms with Crippen LogP contribution in [-0.2, 0) is 0 Å². The van der Waals surface area contributed by atoms with Crippen molar-refractivity contribution in [1.82, 2.24) is 4.98 Å². The fourth-order valence-corrected chi connectivity index (χ4v) is 4.33. The molecule has 0 aliphatic rings. The molecular weight excluding hydrogens is 450 g/mol. The SMILES string of the molecule is COc1cc(NC(=O)c2sc(-c3ccccc3)nc2C)c(OC)cc1NC(=O)c1ccccc1. The molecule has 7 nitrogen and oxygen atoms in total. The van der Waals surface area contributed by atoms with Crippen molar-refractivity contribution in [1.29, 1.82) is 0 Å². The first kappa shape index (κ1) is 23.0. The van der Waals surface area contributed by atoms with E-state index in [1.165, 1.54) is 25.6 Å². The summed E-state index contributed by atoms with van der Waals surface area (Å²) in [5, 5.41) is 6.48. The summed E-state index contributed by atoms with van der Waals surface area (Å²) in [6, 6.07) is 21.8. The van der Waals surface area contributed by atoms with Gasteiger partial charge in [0.05, 0.1) is 31.3 Å². The minimum atomic E-state index is -0.307. The van der Waals surface area contributed by atoms with Gasteiger partial charge in [0.15, 0.2) is 0 Å². The third-order valence-corrected chi connectivity index (χ3v) is 6.28. The van der Waals surface area contributed by atoms with Crippen LogP contribution in [0.3, 0.4) is 0 Å². The van der Waals surface area contributed by atoms with Crippen LogP contribution in [0.25, 0.3) is 10.6 Å². The Morgan fingerprint density at radius 3 is 1.88 bits per heavy atom. The van der Waals surface area contributed by atoms with E-state index in [1.807, 2.05) is 36.4 Å². The zero-order valence-electron chi connectivity index (χ0n) is 18.9. The Kier molecular flexibility index (Phi) is 6.89. The van der Waals surface area contributed by atoms with Crippen LogP contribution in [0.5, 0.6) is 11.5 Å². The van der Waals surface area contributed by atoms with Crippen LogP contribution in [0.4, 0.5) is 11.4 Å². The van der Waals surface area contributed by atoms with E-state index >= 15 is 0 Å². The number of carbonyl (C=O) groups excluding carboxylic acids is 2. The fourth-order valence-electron chi connectivity index (χ4n) is 3.37. The molecule has 1 aromatic heterocycles. The van der Waals surface area contributed by atoms with E-state index in [9.17, 15) is 9.59 Å². The number of nitrogens with zero attached hydrogens (tertiary/aromatic N) is 1. The molecule has 1 heterocycles. The predicted molar refractivity (Wildman–Crippen MR) is 134 cm³/mol. The van der Waals surface area contributed by atoms with Gasteiger partial charge in [-0.05, 0) is 19.1 Å². The van der Waals surface area contributed by atoms with Gasteiger partial charge in [-0.3, -0.25) is 9.59 Å². The Bertz CT molecular complexity index is 1320. The average Bonchev–Trinajstić information content (AvgIpc) is 3.27. The second-order valence-electron chi connectivity index (χ2n) is 7.33. The largest absolute Gasteiger partial charge is 0.494 e. The van der Waals surface area contributed by atoms with Gasteiger partial charge < -0.3 is 20.1 Å². The zero-order chi connectivity index (χ0) is 24.1. The third-order valence-electron chi connectivity index (χ3n) is 5.08. The van der Waals surface area contributed by atoms with E-state index in [0.29, 0.717) is 39.0 Å².